The van der Waals surface area contributed by atoms with Crippen molar-refractivity contribution in [3.8, 4) is 17.2 Å². The molecule has 31 heavy (non-hydrogen) atoms. The van der Waals surface area contributed by atoms with Crippen LogP contribution in [0.5, 0.6) is 17.2 Å². The summed E-state index contributed by atoms with van der Waals surface area (Å²) in [7, 11) is 1.17. The average Bonchev–Trinajstić information content (AvgIpc) is 3.11. The molecule has 2 aliphatic rings. The number of rotatable bonds is 5. The number of Topliss-reactive ketones (excluding diaryl/α,β-unsaturated/α-hetero) is 1. The van der Waals surface area contributed by atoms with Gasteiger partial charge in [0.25, 0.3) is 0 Å². The minimum absolute atomic E-state index is 0.0251. The molecule has 0 fully saturated rings. The summed E-state index contributed by atoms with van der Waals surface area (Å²) in [6.07, 6.45) is -3.14. The van der Waals surface area contributed by atoms with Crippen molar-refractivity contribution >= 4 is 22.5 Å². The lowest BCUT2D eigenvalue weighted by atomic mass is 9.78. The zero-order valence-corrected chi connectivity index (χ0v) is 17.5. The Labute approximate surface area is 177 Å². The van der Waals surface area contributed by atoms with Crippen molar-refractivity contribution in [1.29, 1.82) is 0 Å². The van der Waals surface area contributed by atoms with E-state index in [-0.39, 0.29) is 40.2 Å². The number of hydrogen-bond acceptors (Lipinski definition) is 8. The van der Waals surface area contributed by atoms with Crippen molar-refractivity contribution in [2.24, 2.45) is 0 Å². The van der Waals surface area contributed by atoms with E-state index in [4.69, 9.17) is 9.47 Å². The molecule has 0 unspecified atom stereocenters. The van der Waals surface area contributed by atoms with E-state index in [1.165, 1.54) is 13.2 Å². The van der Waals surface area contributed by atoms with Gasteiger partial charge >= 0.3 is 5.97 Å². The van der Waals surface area contributed by atoms with Gasteiger partial charge in [0.05, 0.1) is 17.6 Å². The zero-order chi connectivity index (χ0) is 23.0. The van der Waals surface area contributed by atoms with Gasteiger partial charge in [-0.05, 0) is 32.4 Å². The molecule has 0 amide bonds. The maximum atomic E-state index is 13.7. The molecule has 4 rings (SSSR count). The highest BCUT2D eigenvalue weighted by molar-refractivity contribution is 6.24. The molecule has 4 atom stereocenters. The fourth-order valence-electron chi connectivity index (χ4n) is 4.96. The number of methoxy groups -OCH3 is 1. The first-order chi connectivity index (χ1) is 14.5. The molecule has 2 aromatic rings. The summed E-state index contributed by atoms with van der Waals surface area (Å²) in [5.41, 5.74) is -2.38. The first kappa shape index (κ1) is 21.4. The molecule has 2 aromatic carbocycles. The van der Waals surface area contributed by atoms with Gasteiger partial charge in [-0.25, -0.2) is 4.79 Å². The second kappa shape index (κ2) is 6.56. The van der Waals surface area contributed by atoms with Crippen molar-refractivity contribution in [3.63, 3.8) is 0 Å². The molecule has 166 valence electrons. The quantitative estimate of drug-likeness (QED) is 0.472. The number of phenolic OH excluding ortho intramolecular Hbond substituents is 2. The number of ketones is 1. The Hall–Kier alpha value is -2.88. The van der Waals surface area contributed by atoms with Gasteiger partial charge < -0.3 is 35.0 Å². The van der Waals surface area contributed by atoms with Crippen molar-refractivity contribution in [2.75, 3.05) is 13.7 Å². The molecular weight excluding hydrogens is 408 g/mol. The topological polar surface area (TPSA) is 154 Å². The maximum absolute atomic E-state index is 13.7. The van der Waals surface area contributed by atoms with Gasteiger partial charge in [0.2, 0.25) is 5.78 Å². The van der Waals surface area contributed by atoms with E-state index in [0.29, 0.717) is 10.9 Å². The normalized spacial score (nSPS) is 27.4. The fourth-order valence-corrected chi connectivity index (χ4v) is 4.96. The Morgan fingerprint density at radius 2 is 1.94 bits per heavy atom. The van der Waals surface area contributed by atoms with E-state index in [1.807, 2.05) is 0 Å². The number of fused-ring (bicyclic) bond motifs is 2. The molecule has 1 heterocycles. The van der Waals surface area contributed by atoms with Gasteiger partial charge in [0.1, 0.15) is 23.4 Å². The molecule has 0 radical (unpaired) electrons. The van der Waals surface area contributed by atoms with Gasteiger partial charge in [-0.3, -0.25) is 4.79 Å². The van der Waals surface area contributed by atoms with Crippen LogP contribution in [0, 0.1) is 6.92 Å². The minimum atomic E-state index is -2.02. The standard InChI is InChI=1S/C22H24O9/c1-8-5-10(24)15-13-12(8)18-16(21(3,7-23)9(2)31-18)17(26)14(13)19(27)22(15,30-4)6-11(25)20(28)29/h5,9,11,23-26H,6-7H2,1-4H3,(H,28,29)/t9-,11+,21-,22-/m0/s1. The Kier molecular flexibility index (Phi) is 4.52. The first-order valence-corrected chi connectivity index (χ1v) is 9.80. The molecule has 0 saturated heterocycles. The van der Waals surface area contributed by atoms with Crippen LogP contribution in [-0.2, 0) is 20.5 Å². The Morgan fingerprint density at radius 1 is 1.29 bits per heavy atom. The minimum Gasteiger partial charge on any atom is -0.508 e. The summed E-state index contributed by atoms with van der Waals surface area (Å²) >= 11 is 0. The molecule has 1 aliphatic heterocycles. The number of phenols is 2. The third kappa shape index (κ3) is 2.42. The molecule has 0 bridgehead atoms. The van der Waals surface area contributed by atoms with Crippen LogP contribution in [0.2, 0.25) is 0 Å². The van der Waals surface area contributed by atoms with Crippen LogP contribution in [0.4, 0.5) is 0 Å². The molecule has 1 aliphatic carbocycles. The number of hydrogen-bond donors (Lipinski definition) is 5. The van der Waals surface area contributed by atoms with Gasteiger partial charge in [-0.2, -0.15) is 0 Å². The Morgan fingerprint density at radius 3 is 2.48 bits per heavy atom. The van der Waals surface area contributed by atoms with Crippen LogP contribution < -0.4 is 4.74 Å². The number of carboxylic acids is 1. The Balaban J connectivity index is 2.16. The lowest BCUT2D eigenvalue weighted by molar-refractivity contribution is -0.150. The van der Waals surface area contributed by atoms with Gasteiger partial charge in [-0.1, -0.05) is 0 Å². The van der Waals surface area contributed by atoms with Crippen LogP contribution in [0.3, 0.4) is 0 Å². The van der Waals surface area contributed by atoms with E-state index in [1.54, 1.807) is 20.8 Å². The summed E-state index contributed by atoms with van der Waals surface area (Å²) in [6, 6.07) is 1.40. The molecule has 5 N–H and O–H groups in total. The summed E-state index contributed by atoms with van der Waals surface area (Å²) in [5, 5.41) is 52.0. The van der Waals surface area contributed by atoms with E-state index in [0.717, 1.165) is 0 Å². The number of aryl methyl sites for hydroxylation is 1. The second-order valence-corrected chi connectivity index (χ2v) is 8.52. The number of ether oxygens (including phenoxy) is 2. The number of benzene rings is 2. The van der Waals surface area contributed by atoms with E-state index >= 15 is 0 Å². The van der Waals surface area contributed by atoms with Gasteiger partial charge in [-0.15, -0.1) is 0 Å². The lowest BCUT2D eigenvalue weighted by Gasteiger charge is -2.29. The number of carbonyl (C=O) groups excluding carboxylic acids is 1. The highest BCUT2D eigenvalue weighted by Gasteiger charge is 2.56. The number of carboxylic acid groups (broad SMARTS) is 1. The molecule has 0 aromatic heterocycles. The van der Waals surface area contributed by atoms with Crippen LogP contribution >= 0.6 is 0 Å². The van der Waals surface area contributed by atoms with E-state index in [9.17, 15) is 35.1 Å². The zero-order valence-electron chi connectivity index (χ0n) is 17.5. The lowest BCUT2D eigenvalue weighted by Crippen LogP contribution is -2.40. The predicted molar refractivity (Wildman–Crippen MR) is 108 cm³/mol. The highest BCUT2D eigenvalue weighted by Crippen LogP contribution is 2.60. The predicted octanol–water partition coefficient (Wildman–Crippen LogP) is 1.46. The Bertz CT molecular complexity index is 1150. The molecule has 9 heteroatoms. The second-order valence-electron chi connectivity index (χ2n) is 8.52. The van der Waals surface area contributed by atoms with Crippen LogP contribution in [0.25, 0.3) is 10.8 Å². The fraction of sp³-hybridized carbons (Fsp3) is 0.455. The van der Waals surface area contributed by atoms with Gasteiger partial charge in [0, 0.05) is 35.4 Å². The summed E-state index contributed by atoms with van der Waals surface area (Å²) in [4.78, 5) is 25.0. The van der Waals surface area contributed by atoms with Crippen LogP contribution in [0.15, 0.2) is 6.07 Å². The van der Waals surface area contributed by atoms with Crippen LogP contribution in [0.1, 0.15) is 47.3 Å². The summed E-state index contributed by atoms with van der Waals surface area (Å²) in [6.45, 7) is 4.79. The number of aliphatic hydroxyl groups excluding tert-OH is 2. The van der Waals surface area contributed by atoms with Crippen molar-refractivity contribution in [3.05, 3.63) is 28.3 Å². The molecule has 0 saturated carbocycles. The molecule has 9 nitrogen and oxygen atoms in total. The molecule has 0 spiro atoms. The van der Waals surface area contributed by atoms with Gasteiger partial charge in [0.15, 0.2) is 11.7 Å². The van der Waals surface area contributed by atoms with Crippen molar-refractivity contribution in [2.45, 2.75) is 50.4 Å². The number of aliphatic hydroxyl groups is 2. The smallest absolute Gasteiger partial charge is 0.332 e. The number of aliphatic carboxylic acids is 1. The summed E-state index contributed by atoms with van der Waals surface area (Å²) < 4.78 is 11.5. The average molecular weight is 432 g/mol. The molecular formula is C22H24O9. The first-order valence-electron chi connectivity index (χ1n) is 9.80. The SMILES string of the molecule is CO[C@]1(C[C@@H](O)C(=O)O)C(=O)c2c(O)c3c(c4c(C)cc(O)c1c24)O[C@@H](C)[C@]3(C)CO. The van der Waals surface area contributed by atoms with E-state index < -0.39 is 47.1 Å². The monoisotopic (exact) mass is 432 g/mol. The third-order valence-electron chi connectivity index (χ3n) is 6.88. The highest BCUT2D eigenvalue weighted by atomic mass is 16.5. The number of carbonyl (C=O) groups is 2. The van der Waals surface area contributed by atoms with E-state index in [2.05, 4.69) is 0 Å². The maximum Gasteiger partial charge on any atom is 0.332 e. The summed E-state index contributed by atoms with van der Waals surface area (Å²) in [5.74, 6) is -2.79. The van der Waals surface area contributed by atoms with Crippen molar-refractivity contribution in [1.82, 2.24) is 0 Å². The largest absolute Gasteiger partial charge is 0.508 e. The van der Waals surface area contributed by atoms with Crippen LogP contribution in [-0.4, -0.2) is 63.2 Å². The third-order valence-corrected chi connectivity index (χ3v) is 6.88. The number of aromatic hydroxyl groups is 2. The van der Waals surface area contributed by atoms with Crippen molar-refractivity contribution < 1.29 is 44.6 Å².